The second-order valence-corrected chi connectivity index (χ2v) is 10.9. The third kappa shape index (κ3) is 4.58. The van der Waals surface area contributed by atoms with E-state index < -0.39 is 77.8 Å². The molecule has 0 radical (unpaired) electrons. The summed E-state index contributed by atoms with van der Waals surface area (Å²) in [5, 5.41) is 41.5. The number of ether oxygens (including phenoxy) is 1. The number of benzene rings is 1. The van der Waals surface area contributed by atoms with Gasteiger partial charge in [0.25, 0.3) is 0 Å². The van der Waals surface area contributed by atoms with Gasteiger partial charge in [0.05, 0.1) is 18.6 Å². The van der Waals surface area contributed by atoms with Crippen molar-refractivity contribution in [3.63, 3.8) is 0 Å². The molecule has 0 saturated carbocycles. The van der Waals surface area contributed by atoms with Gasteiger partial charge in [-0.25, -0.2) is 14.7 Å². The van der Waals surface area contributed by atoms with E-state index in [-0.39, 0.29) is 16.8 Å². The van der Waals surface area contributed by atoms with Crippen LogP contribution in [0.1, 0.15) is 36.3 Å². The Morgan fingerprint density at radius 1 is 1.18 bits per heavy atom. The van der Waals surface area contributed by atoms with Crippen LogP contribution < -0.4 is 10.5 Å². The zero-order valence-electron chi connectivity index (χ0n) is 20.5. The van der Waals surface area contributed by atoms with Crippen molar-refractivity contribution in [1.29, 1.82) is 0 Å². The van der Waals surface area contributed by atoms with E-state index >= 15 is 0 Å². The van der Waals surface area contributed by atoms with Gasteiger partial charge >= 0.3 is 16.2 Å². The van der Waals surface area contributed by atoms with Crippen molar-refractivity contribution >= 4 is 33.1 Å². The summed E-state index contributed by atoms with van der Waals surface area (Å²) in [5.74, 6) is -5.32. The monoisotopic (exact) mass is 585 g/mol. The number of carbonyl (C=O) groups excluding carboxylic acids is 1. The van der Waals surface area contributed by atoms with E-state index in [4.69, 9.17) is 14.7 Å². The predicted octanol–water partition coefficient (Wildman–Crippen LogP) is -0.639. The molecule has 2 aliphatic rings. The maximum atomic E-state index is 14.7. The van der Waals surface area contributed by atoms with E-state index in [1.165, 1.54) is 52.1 Å². The van der Waals surface area contributed by atoms with E-state index in [0.717, 1.165) is 0 Å². The standard InChI is InChI=1S/C23H25F2N5O9S/c24-23(25)19(34)11-3-1-2-4-12(11)22(23,35)7-5-15(31)29-40(36,37)38-9-14-17(32)18(33)21(39-14)30-10-28-16-13(26)6-8-27-20(16)30/h1-4,6,8,10,14,17-19,21,32-35H,5,7,9H2,(H2,26,27)(H,29,31)/t14-,17-,18-,19?,21-,22?/m1/s1. The molecule has 7 N–H and O–H groups in total. The van der Waals surface area contributed by atoms with Crippen molar-refractivity contribution in [3.05, 3.63) is 54.0 Å². The number of carbonyl (C=O) groups is 1. The Bertz CT molecular complexity index is 1550. The largest absolute Gasteiger partial charge is 0.397 e. The highest BCUT2D eigenvalue weighted by Crippen LogP contribution is 2.56. The average molecular weight is 586 g/mol. The molecular weight excluding hydrogens is 560 g/mol. The lowest BCUT2D eigenvalue weighted by Crippen LogP contribution is -2.45. The molecule has 1 saturated heterocycles. The highest BCUT2D eigenvalue weighted by Gasteiger charge is 2.64. The summed E-state index contributed by atoms with van der Waals surface area (Å²) in [7, 11) is -4.83. The lowest BCUT2D eigenvalue weighted by atomic mass is 9.88. The molecule has 1 fully saturated rings. The Morgan fingerprint density at radius 3 is 2.65 bits per heavy atom. The third-order valence-electron chi connectivity index (χ3n) is 7.04. The topological polar surface area (TPSA) is 219 Å². The number of nitrogens with two attached hydrogens (primary N) is 1. The summed E-state index contributed by atoms with van der Waals surface area (Å²) in [6.45, 7) is -0.832. The minimum Gasteiger partial charge on any atom is -0.397 e. The zero-order chi connectivity index (χ0) is 29.0. The summed E-state index contributed by atoms with van der Waals surface area (Å²) in [4.78, 5) is 20.5. The molecule has 2 aromatic heterocycles. The van der Waals surface area contributed by atoms with Crippen molar-refractivity contribution in [1.82, 2.24) is 19.3 Å². The van der Waals surface area contributed by atoms with Gasteiger partial charge in [-0.1, -0.05) is 24.3 Å². The van der Waals surface area contributed by atoms with E-state index in [2.05, 4.69) is 9.97 Å². The first-order valence-corrected chi connectivity index (χ1v) is 13.3. The Kier molecular flexibility index (Phi) is 7.02. The number of nitrogens with one attached hydrogen (secondary N) is 1. The van der Waals surface area contributed by atoms with Crippen molar-refractivity contribution in [3.8, 4) is 0 Å². The maximum Gasteiger partial charge on any atom is 0.362 e. The highest BCUT2D eigenvalue weighted by atomic mass is 32.2. The minimum absolute atomic E-state index is 0.204. The number of aliphatic hydroxyl groups is 4. The van der Waals surface area contributed by atoms with Gasteiger partial charge in [-0.15, -0.1) is 0 Å². The van der Waals surface area contributed by atoms with Crippen LogP contribution in [0.15, 0.2) is 42.9 Å². The minimum atomic E-state index is -4.83. The van der Waals surface area contributed by atoms with Crippen molar-refractivity contribution < 1.29 is 51.3 Å². The molecule has 0 spiro atoms. The summed E-state index contributed by atoms with van der Waals surface area (Å²) >= 11 is 0. The molecule has 1 aliphatic carbocycles. The SMILES string of the molecule is Nc1ccnc2c1ncn2[C@@H]1O[C@H](COS(=O)(=O)NC(=O)CCC2(O)c3ccccc3C(O)C2(F)F)[C@@H](O)[C@H]1O. The molecule has 3 heterocycles. The van der Waals surface area contributed by atoms with Crippen LogP contribution in [0.5, 0.6) is 0 Å². The Balaban J connectivity index is 1.20. The van der Waals surface area contributed by atoms with Gasteiger partial charge < -0.3 is 30.9 Å². The number of fused-ring (bicyclic) bond motifs is 2. The number of alkyl halides is 2. The Hall–Kier alpha value is -3.32. The number of amides is 1. The number of hydrogen-bond donors (Lipinski definition) is 6. The highest BCUT2D eigenvalue weighted by molar-refractivity contribution is 7.85. The summed E-state index contributed by atoms with van der Waals surface area (Å²) in [6.07, 6.45) is -7.18. The predicted molar refractivity (Wildman–Crippen MR) is 130 cm³/mol. The second-order valence-electron chi connectivity index (χ2n) is 9.51. The number of rotatable bonds is 8. The lowest BCUT2D eigenvalue weighted by molar-refractivity contribution is -0.226. The molecule has 3 aromatic rings. The van der Waals surface area contributed by atoms with Crippen LogP contribution in [0.25, 0.3) is 11.2 Å². The van der Waals surface area contributed by atoms with Crippen molar-refractivity contribution in [2.24, 2.45) is 0 Å². The number of aromatic nitrogens is 3. The lowest BCUT2D eigenvalue weighted by Gasteiger charge is -2.31. The van der Waals surface area contributed by atoms with Gasteiger partial charge in [0.1, 0.15) is 29.9 Å². The smallest absolute Gasteiger partial charge is 0.362 e. The molecule has 1 amide bonds. The van der Waals surface area contributed by atoms with Crippen LogP contribution in [-0.4, -0.2) is 80.1 Å². The summed E-state index contributed by atoms with van der Waals surface area (Å²) in [5.41, 5.74) is 3.31. The molecule has 5 rings (SSSR count). The van der Waals surface area contributed by atoms with Crippen LogP contribution in [0.4, 0.5) is 14.5 Å². The quantitative estimate of drug-likeness (QED) is 0.194. The van der Waals surface area contributed by atoms with E-state index in [1.54, 1.807) is 0 Å². The Labute approximate surface area is 225 Å². The first kappa shape index (κ1) is 28.2. The van der Waals surface area contributed by atoms with Gasteiger partial charge in [-0.3, -0.25) is 13.5 Å². The number of hydrogen-bond acceptors (Lipinski definition) is 12. The average Bonchev–Trinajstić information content (AvgIpc) is 3.50. The number of nitrogen functional groups attached to an aromatic ring is 1. The first-order valence-electron chi connectivity index (χ1n) is 11.9. The van der Waals surface area contributed by atoms with Crippen LogP contribution in [0, 0.1) is 0 Å². The van der Waals surface area contributed by atoms with E-state index in [1.807, 2.05) is 0 Å². The van der Waals surface area contributed by atoms with Crippen LogP contribution >= 0.6 is 0 Å². The number of nitrogens with zero attached hydrogens (tertiary/aromatic N) is 3. The second kappa shape index (κ2) is 9.95. The van der Waals surface area contributed by atoms with Gasteiger partial charge in [0.2, 0.25) is 5.91 Å². The molecule has 14 nitrogen and oxygen atoms in total. The number of aliphatic hydroxyl groups excluding tert-OH is 3. The first-order chi connectivity index (χ1) is 18.8. The molecule has 40 heavy (non-hydrogen) atoms. The molecule has 1 aromatic carbocycles. The van der Waals surface area contributed by atoms with Crippen LogP contribution in [0.3, 0.4) is 0 Å². The fourth-order valence-electron chi connectivity index (χ4n) is 4.92. The normalized spacial score (nSPS) is 29.5. The molecule has 6 atom stereocenters. The van der Waals surface area contributed by atoms with Crippen LogP contribution in [0.2, 0.25) is 0 Å². The fourth-order valence-corrected chi connectivity index (χ4v) is 5.67. The summed E-state index contributed by atoms with van der Waals surface area (Å²) in [6, 6.07) is 6.68. The number of anilines is 1. The fraction of sp³-hybridized carbons (Fsp3) is 0.435. The summed E-state index contributed by atoms with van der Waals surface area (Å²) < 4.78 is 67.2. The number of pyridine rings is 1. The zero-order valence-corrected chi connectivity index (χ0v) is 21.3. The van der Waals surface area contributed by atoms with Gasteiger partial charge in [-0.2, -0.15) is 17.2 Å². The number of imidazole rings is 1. The Morgan fingerprint density at radius 2 is 1.90 bits per heavy atom. The van der Waals surface area contributed by atoms with E-state index in [9.17, 15) is 42.4 Å². The van der Waals surface area contributed by atoms with Gasteiger partial charge in [-0.05, 0) is 23.6 Å². The molecule has 216 valence electrons. The van der Waals surface area contributed by atoms with E-state index in [0.29, 0.717) is 11.2 Å². The van der Waals surface area contributed by atoms with Crippen molar-refractivity contribution in [2.75, 3.05) is 12.3 Å². The number of halogens is 2. The molecular formula is C23H25F2N5O9S. The molecule has 2 unspecified atom stereocenters. The maximum absolute atomic E-state index is 14.7. The van der Waals surface area contributed by atoms with Gasteiger partial charge in [0, 0.05) is 12.6 Å². The molecule has 0 bridgehead atoms. The molecule has 1 aliphatic heterocycles. The van der Waals surface area contributed by atoms with Crippen molar-refractivity contribution in [2.45, 2.75) is 55.0 Å². The van der Waals surface area contributed by atoms with Gasteiger partial charge in [0.15, 0.2) is 17.5 Å². The third-order valence-corrected chi connectivity index (χ3v) is 7.96. The molecule has 17 heteroatoms. The van der Waals surface area contributed by atoms with Crippen LogP contribution in [-0.2, 0) is 29.6 Å².